The number of hydrogen-bond donors (Lipinski definition) is 0. The number of amides is 1. The van der Waals surface area contributed by atoms with Gasteiger partial charge in [-0.3, -0.25) is 4.79 Å². The molecule has 2 aliphatic rings. The maximum Gasteiger partial charge on any atom is 0.242 e. The smallest absolute Gasteiger partial charge is 0.242 e. The fourth-order valence-electron chi connectivity index (χ4n) is 4.35. The molecule has 2 aliphatic heterocycles. The average molecular weight is 454 g/mol. The third-order valence-corrected chi connectivity index (χ3v) is 7.27. The summed E-state index contributed by atoms with van der Waals surface area (Å²) >= 11 is 1.70. The molecule has 7 nitrogen and oxygen atoms in total. The molecule has 1 spiro atoms. The molecular weight excluding hydrogens is 426 g/mol. The van der Waals surface area contributed by atoms with Crippen LogP contribution >= 0.6 is 11.8 Å². The van der Waals surface area contributed by atoms with Crippen LogP contribution < -0.4 is 4.74 Å². The van der Waals surface area contributed by atoms with E-state index in [1.807, 2.05) is 40.1 Å². The number of ether oxygens (including phenoxy) is 3. The third-order valence-electron chi connectivity index (χ3n) is 6.19. The Hall–Kier alpha value is -2.55. The predicted molar refractivity (Wildman–Crippen MR) is 123 cm³/mol. The maximum atomic E-state index is 13.0. The Morgan fingerprint density at radius 3 is 2.59 bits per heavy atom. The van der Waals surface area contributed by atoms with Crippen LogP contribution in [-0.2, 0) is 26.6 Å². The zero-order valence-electron chi connectivity index (χ0n) is 18.2. The summed E-state index contributed by atoms with van der Waals surface area (Å²) in [5.41, 5.74) is 2.24. The van der Waals surface area contributed by atoms with Gasteiger partial charge in [0, 0.05) is 49.5 Å². The molecule has 2 aromatic heterocycles. The van der Waals surface area contributed by atoms with Crippen molar-refractivity contribution in [1.29, 1.82) is 0 Å². The van der Waals surface area contributed by atoms with Crippen LogP contribution in [0.4, 0.5) is 0 Å². The number of rotatable bonds is 6. The minimum atomic E-state index is -0.460. The molecule has 0 bridgehead atoms. The number of carbonyl (C=O) groups excluding carboxylic acids is 1. The Balaban J connectivity index is 1.24. The van der Waals surface area contributed by atoms with Crippen molar-refractivity contribution >= 4 is 28.6 Å². The monoisotopic (exact) mass is 453 g/mol. The quantitative estimate of drug-likeness (QED) is 0.530. The summed E-state index contributed by atoms with van der Waals surface area (Å²) in [4.78, 5) is 19.5. The Morgan fingerprint density at radius 1 is 1.12 bits per heavy atom. The van der Waals surface area contributed by atoms with Crippen LogP contribution in [0.2, 0.25) is 0 Å². The van der Waals surface area contributed by atoms with E-state index in [1.54, 1.807) is 18.9 Å². The summed E-state index contributed by atoms with van der Waals surface area (Å²) in [6.45, 7) is 2.96. The molecule has 0 radical (unpaired) electrons. The molecule has 0 N–H and O–H groups in total. The molecular formula is C24H27N3O4S. The van der Waals surface area contributed by atoms with Crippen LogP contribution in [0.5, 0.6) is 5.75 Å². The van der Waals surface area contributed by atoms with Crippen molar-refractivity contribution in [2.75, 3.05) is 33.4 Å². The summed E-state index contributed by atoms with van der Waals surface area (Å²) < 4.78 is 18.8. The van der Waals surface area contributed by atoms with E-state index in [1.165, 1.54) is 5.56 Å². The second-order valence-electron chi connectivity index (χ2n) is 8.12. The van der Waals surface area contributed by atoms with E-state index in [2.05, 4.69) is 23.2 Å². The van der Waals surface area contributed by atoms with Crippen LogP contribution in [0, 0.1) is 0 Å². The lowest BCUT2D eigenvalue weighted by atomic mass is 10.0. The number of nitrogens with zero attached hydrogens (tertiary/aromatic N) is 3. The van der Waals surface area contributed by atoms with Gasteiger partial charge in [-0.15, -0.1) is 11.8 Å². The molecule has 2 saturated heterocycles. The molecule has 1 amide bonds. The highest BCUT2D eigenvalue weighted by Gasteiger charge is 2.40. The first-order chi connectivity index (χ1) is 15.7. The van der Waals surface area contributed by atoms with E-state index >= 15 is 0 Å². The zero-order valence-corrected chi connectivity index (χ0v) is 19.0. The fraction of sp³-hybridized carbons (Fsp3) is 0.417. The summed E-state index contributed by atoms with van der Waals surface area (Å²) in [5, 5.41) is 2.05. The topological polar surface area (TPSA) is 65.8 Å². The Bertz CT molecular complexity index is 1080. The molecule has 1 aromatic carbocycles. The first-order valence-corrected chi connectivity index (χ1v) is 11.9. The van der Waals surface area contributed by atoms with Crippen molar-refractivity contribution in [1.82, 2.24) is 14.5 Å². The van der Waals surface area contributed by atoms with Gasteiger partial charge in [-0.2, -0.15) is 0 Å². The number of benzene rings is 1. The summed E-state index contributed by atoms with van der Waals surface area (Å²) in [7, 11) is 1.67. The van der Waals surface area contributed by atoms with Gasteiger partial charge >= 0.3 is 0 Å². The SMILES string of the molecule is COc1ccc(CSc2nccc3c2ccn3CC(=O)N2CCC3(CC2)OCCO3)cc1. The number of thioether (sulfide) groups is 1. The van der Waals surface area contributed by atoms with Crippen LogP contribution in [0.1, 0.15) is 18.4 Å². The minimum Gasteiger partial charge on any atom is -0.497 e. The van der Waals surface area contributed by atoms with Gasteiger partial charge in [-0.1, -0.05) is 12.1 Å². The summed E-state index contributed by atoms with van der Waals surface area (Å²) in [6.07, 6.45) is 5.28. The number of likely N-dealkylation sites (tertiary alicyclic amines) is 1. The fourth-order valence-corrected chi connectivity index (χ4v) is 5.31. The van der Waals surface area contributed by atoms with E-state index in [-0.39, 0.29) is 5.91 Å². The number of fused-ring (bicyclic) bond motifs is 1. The minimum absolute atomic E-state index is 0.125. The van der Waals surface area contributed by atoms with Crippen molar-refractivity contribution < 1.29 is 19.0 Å². The second kappa shape index (κ2) is 9.13. The van der Waals surface area contributed by atoms with Gasteiger partial charge in [0.15, 0.2) is 5.79 Å². The van der Waals surface area contributed by atoms with Gasteiger partial charge in [-0.25, -0.2) is 4.98 Å². The standard InChI is InChI=1S/C24H27N3O4S/c1-29-19-4-2-18(3-5-19)17-32-23-20-7-11-27(21(20)6-10-25-23)16-22(28)26-12-8-24(9-13-26)30-14-15-31-24/h2-7,10-11H,8-9,12-17H2,1H3. The Kier molecular flexibility index (Phi) is 6.08. The number of hydrogen-bond acceptors (Lipinski definition) is 6. The van der Waals surface area contributed by atoms with Crippen molar-refractivity contribution in [2.24, 2.45) is 0 Å². The maximum absolute atomic E-state index is 13.0. The average Bonchev–Trinajstić information content (AvgIpc) is 3.46. The summed E-state index contributed by atoms with van der Waals surface area (Å²) in [6, 6.07) is 12.1. The number of carbonyl (C=O) groups is 1. The number of pyridine rings is 1. The van der Waals surface area contributed by atoms with Crippen LogP contribution in [0.25, 0.3) is 10.9 Å². The zero-order chi connectivity index (χ0) is 22.0. The van der Waals surface area contributed by atoms with Crippen molar-refractivity contribution in [3.8, 4) is 5.75 Å². The van der Waals surface area contributed by atoms with E-state index in [9.17, 15) is 4.79 Å². The van der Waals surface area contributed by atoms with Gasteiger partial charge in [-0.05, 0) is 29.8 Å². The van der Waals surface area contributed by atoms with Gasteiger partial charge in [0.25, 0.3) is 0 Å². The molecule has 5 rings (SSSR count). The lowest BCUT2D eigenvalue weighted by Gasteiger charge is -2.37. The van der Waals surface area contributed by atoms with Crippen LogP contribution in [-0.4, -0.2) is 59.6 Å². The van der Waals surface area contributed by atoms with Crippen LogP contribution in [0.15, 0.2) is 53.8 Å². The van der Waals surface area contributed by atoms with Crippen molar-refractivity contribution in [3.05, 3.63) is 54.4 Å². The molecule has 168 valence electrons. The molecule has 2 fully saturated rings. The van der Waals surface area contributed by atoms with Gasteiger partial charge in [0.2, 0.25) is 5.91 Å². The number of piperidine rings is 1. The Labute approximate surface area is 191 Å². The van der Waals surface area contributed by atoms with Crippen molar-refractivity contribution in [3.63, 3.8) is 0 Å². The largest absolute Gasteiger partial charge is 0.497 e. The molecule has 0 saturated carbocycles. The first-order valence-electron chi connectivity index (χ1n) is 10.9. The molecule has 0 atom stereocenters. The first kappa shape index (κ1) is 21.3. The molecule has 4 heterocycles. The van der Waals surface area contributed by atoms with Crippen molar-refractivity contribution in [2.45, 2.75) is 36.0 Å². The molecule has 0 unspecified atom stereocenters. The van der Waals surface area contributed by atoms with E-state index in [4.69, 9.17) is 14.2 Å². The lowest BCUT2D eigenvalue weighted by Crippen LogP contribution is -2.48. The van der Waals surface area contributed by atoms with E-state index in [0.717, 1.165) is 40.3 Å². The predicted octanol–water partition coefficient (Wildman–Crippen LogP) is 3.70. The molecule has 3 aromatic rings. The Morgan fingerprint density at radius 2 is 1.88 bits per heavy atom. The van der Waals surface area contributed by atoms with Crippen LogP contribution in [0.3, 0.4) is 0 Å². The molecule has 0 aliphatic carbocycles. The van der Waals surface area contributed by atoms with Gasteiger partial charge < -0.3 is 23.7 Å². The van der Waals surface area contributed by atoms with Gasteiger partial charge in [0.05, 0.1) is 25.8 Å². The molecule has 8 heteroatoms. The molecule has 32 heavy (non-hydrogen) atoms. The number of aromatic nitrogens is 2. The summed E-state index contributed by atoms with van der Waals surface area (Å²) in [5.74, 6) is 1.34. The number of methoxy groups -OCH3 is 1. The highest BCUT2D eigenvalue weighted by molar-refractivity contribution is 7.98. The van der Waals surface area contributed by atoms with E-state index in [0.29, 0.717) is 32.8 Å². The highest BCUT2D eigenvalue weighted by atomic mass is 32.2. The normalized spacial score (nSPS) is 17.8. The second-order valence-corrected chi connectivity index (χ2v) is 9.08. The highest BCUT2D eigenvalue weighted by Crippen LogP contribution is 2.32. The third kappa shape index (κ3) is 4.35. The van der Waals surface area contributed by atoms with E-state index < -0.39 is 5.79 Å². The lowest BCUT2D eigenvalue weighted by molar-refractivity contribution is -0.187. The van der Waals surface area contributed by atoms with Gasteiger partial charge in [0.1, 0.15) is 17.3 Å².